The summed E-state index contributed by atoms with van der Waals surface area (Å²) in [6, 6.07) is 6.94. The second kappa shape index (κ2) is 7.76. The maximum atomic E-state index is 11.9. The molecular weight excluding hydrogens is 344 g/mol. The number of benzene rings is 1. The van der Waals surface area contributed by atoms with Crippen molar-refractivity contribution < 1.29 is 8.42 Å². The van der Waals surface area contributed by atoms with Crippen LogP contribution in [0.4, 0.5) is 0 Å². The third kappa shape index (κ3) is 4.87. The van der Waals surface area contributed by atoms with Crippen LogP contribution in [0.15, 0.2) is 34.2 Å². The molecule has 1 aliphatic heterocycles. The number of thioether (sulfide) groups is 1. The van der Waals surface area contributed by atoms with Gasteiger partial charge in [0.15, 0.2) is 5.96 Å². The minimum absolute atomic E-state index is 0.205. The van der Waals surface area contributed by atoms with Gasteiger partial charge in [-0.1, -0.05) is 12.1 Å². The molecule has 0 radical (unpaired) electrons. The lowest BCUT2D eigenvalue weighted by Gasteiger charge is -2.39. The van der Waals surface area contributed by atoms with Crippen LogP contribution in [0, 0.1) is 0 Å². The molecule has 134 valence electrons. The fraction of sp³-hybridized carbons (Fsp3) is 0.562. The second-order valence-electron chi connectivity index (χ2n) is 6.29. The number of sulfonamides is 1. The minimum atomic E-state index is -3.42. The molecule has 1 saturated heterocycles. The van der Waals surface area contributed by atoms with E-state index < -0.39 is 10.0 Å². The van der Waals surface area contributed by atoms with Gasteiger partial charge in [0, 0.05) is 37.2 Å². The summed E-state index contributed by atoms with van der Waals surface area (Å²) >= 11 is 1.98. The average molecular weight is 371 g/mol. The molecule has 1 heterocycles. The lowest BCUT2D eigenvalue weighted by Crippen LogP contribution is -2.50. The summed E-state index contributed by atoms with van der Waals surface area (Å²) in [6.45, 7) is 6.91. The standard InChI is InChI=1S/C16H26N4O2S2/c1-16(2)12-20(8-9-23-16)15(17-3)19-11-13-6-5-7-14(10-13)24(21,22)18-4/h5-7,10,18H,8-9,11-12H2,1-4H3,(H,17,19). The molecule has 24 heavy (non-hydrogen) atoms. The molecule has 0 saturated carbocycles. The van der Waals surface area contributed by atoms with Gasteiger partial charge in [0.25, 0.3) is 0 Å². The maximum absolute atomic E-state index is 11.9. The molecule has 2 rings (SSSR count). The highest BCUT2D eigenvalue weighted by molar-refractivity contribution is 8.00. The van der Waals surface area contributed by atoms with Crippen LogP contribution < -0.4 is 10.0 Å². The van der Waals surface area contributed by atoms with Gasteiger partial charge in [-0.3, -0.25) is 4.99 Å². The molecule has 1 aromatic carbocycles. The third-order valence-electron chi connectivity index (χ3n) is 3.87. The smallest absolute Gasteiger partial charge is 0.240 e. The lowest BCUT2D eigenvalue weighted by molar-refractivity contribution is 0.375. The van der Waals surface area contributed by atoms with E-state index in [0.29, 0.717) is 6.54 Å². The maximum Gasteiger partial charge on any atom is 0.240 e. The van der Waals surface area contributed by atoms with E-state index in [9.17, 15) is 8.42 Å². The zero-order valence-electron chi connectivity index (χ0n) is 14.7. The van der Waals surface area contributed by atoms with E-state index in [1.165, 1.54) is 7.05 Å². The quantitative estimate of drug-likeness (QED) is 0.621. The first-order chi connectivity index (χ1) is 11.3. The first kappa shape index (κ1) is 19.1. The van der Waals surface area contributed by atoms with Crippen LogP contribution in [0.1, 0.15) is 19.4 Å². The van der Waals surface area contributed by atoms with Crippen molar-refractivity contribution in [3.8, 4) is 0 Å². The molecule has 0 atom stereocenters. The topological polar surface area (TPSA) is 73.8 Å². The van der Waals surface area contributed by atoms with E-state index in [1.807, 2.05) is 17.8 Å². The van der Waals surface area contributed by atoms with E-state index in [1.54, 1.807) is 25.2 Å². The Morgan fingerprint density at radius 3 is 2.79 bits per heavy atom. The van der Waals surface area contributed by atoms with Gasteiger partial charge in [-0.15, -0.1) is 0 Å². The number of nitrogens with zero attached hydrogens (tertiary/aromatic N) is 2. The zero-order valence-corrected chi connectivity index (χ0v) is 16.3. The van der Waals surface area contributed by atoms with E-state index in [-0.39, 0.29) is 9.64 Å². The number of aliphatic imine (C=N–C) groups is 1. The Morgan fingerprint density at radius 1 is 1.42 bits per heavy atom. The van der Waals surface area contributed by atoms with Crippen molar-refractivity contribution in [2.24, 2.45) is 4.99 Å². The van der Waals surface area contributed by atoms with Crippen LogP contribution in [0.2, 0.25) is 0 Å². The highest BCUT2D eigenvalue weighted by atomic mass is 32.2. The number of hydrogen-bond acceptors (Lipinski definition) is 4. The summed E-state index contributed by atoms with van der Waals surface area (Å²) in [4.78, 5) is 6.90. The van der Waals surface area contributed by atoms with Crippen molar-refractivity contribution in [1.29, 1.82) is 0 Å². The first-order valence-corrected chi connectivity index (χ1v) is 10.4. The van der Waals surface area contributed by atoms with Gasteiger partial charge in [0.05, 0.1) is 4.90 Å². The number of nitrogens with one attached hydrogen (secondary N) is 2. The second-order valence-corrected chi connectivity index (χ2v) is 9.97. The first-order valence-electron chi connectivity index (χ1n) is 7.89. The molecular formula is C16H26N4O2S2. The highest BCUT2D eigenvalue weighted by Gasteiger charge is 2.28. The molecule has 0 amide bonds. The van der Waals surface area contributed by atoms with Crippen molar-refractivity contribution in [3.63, 3.8) is 0 Å². The van der Waals surface area contributed by atoms with Crippen LogP contribution in [0.5, 0.6) is 0 Å². The SMILES string of the molecule is CN=C(NCc1cccc(S(=O)(=O)NC)c1)N1CCSC(C)(C)C1. The van der Waals surface area contributed by atoms with Crippen LogP contribution >= 0.6 is 11.8 Å². The Hall–Kier alpha value is -1.25. The molecule has 0 unspecified atom stereocenters. The fourth-order valence-corrected chi connectivity index (χ4v) is 4.56. The molecule has 1 aromatic rings. The van der Waals surface area contributed by atoms with Crippen LogP contribution in [0.25, 0.3) is 0 Å². The fourth-order valence-electron chi connectivity index (χ4n) is 2.65. The van der Waals surface area contributed by atoms with E-state index in [2.05, 4.69) is 33.8 Å². The summed E-state index contributed by atoms with van der Waals surface area (Å²) in [5.74, 6) is 1.93. The van der Waals surface area contributed by atoms with Gasteiger partial charge >= 0.3 is 0 Å². The summed E-state index contributed by atoms with van der Waals surface area (Å²) in [5.41, 5.74) is 0.901. The molecule has 1 fully saturated rings. The van der Waals surface area contributed by atoms with E-state index >= 15 is 0 Å². The Kier molecular flexibility index (Phi) is 6.17. The van der Waals surface area contributed by atoms with Crippen molar-refractivity contribution in [2.75, 3.05) is 32.9 Å². The summed E-state index contributed by atoms with van der Waals surface area (Å²) in [5, 5.41) is 3.34. The van der Waals surface area contributed by atoms with E-state index in [0.717, 1.165) is 30.4 Å². The highest BCUT2D eigenvalue weighted by Crippen LogP contribution is 2.29. The van der Waals surface area contributed by atoms with Crippen LogP contribution in [0.3, 0.4) is 0 Å². The molecule has 0 bridgehead atoms. The normalized spacial score (nSPS) is 18.5. The molecule has 0 spiro atoms. The van der Waals surface area contributed by atoms with Gasteiger partial charge in [-0.25, -0.2) is 13.1 Å². The number of guanidine groups is 1. The molecule has 0 aliphatic carbocycles. The minimum Gasteiger partial charge on any atom is -0.352 e. The summed E-state index contributed by atoms with van der Waals surface area (Å²) < 4.78 is 26.3. The lowest BCUT2D eigenvalue weighted by atomic mass is 10.2. The zero-order chi connectivity index (χ0) is 17.8. The Morgan fingerprint density at radius 2 is 2.17 bits per heavy atom. The van der Waals surface area contributed by atoms with Crippen LogP contribution in [-0.2, 0) is 16.6 Å². The molecule has 8 heteroatoms. The van der Waals surface area contributed by atoms with Gasteiger partial charge in [0.2, 0.25) is 10.0 Å². The Labute approximate surface area is 149 Å². The van der Waals surface area contributed by atoms with E-state index in [4.69, 9.17) is 0 Å². The van der Waals surface area contributed by atoms with Crippen molar-refractivity contribution in [1.82, 2.24) is 14.9 Å². The van der Waals surface area contributed by atoms with Gasteiger partial charge in [-0.05, 0) is 38.6 Å². The van der Waals surface area contributed by atoms with Crippen molar-refractivity contribution in [2.45, 2.75) is 30.0 Å². The Bertz CT molecular complexity index is 702. The summed E-state index contributed by atoms with van der Waals surface area (Å²) in [7, 11) is -0.230. The molecule has 6 nitrogen and oxygen atoms in total. The predicted molar refractivity (Wildman–Crippen MR) is 101 cm³/mol. The largest absolute Gasteiger partial charge is 0.352 e. The Balaban J connectivity index is 2.05. The molecule has 0 aromatic heterocycles. The summed E-state index contributed by atoms with van der Waals surface area (Å²) in [6.07, 6.45) is 0. The number of rotatable bonds is 4. The van der Waals surface area contributed by atoms with Gasteiger partial charge in [-0.2, -0.15) is 11.8 Å². The van der Waals surface area contributed by atoms with Crippen molar-refractivity contribution >= 4 is 27.7 Å². The van der Waals surface area contributed by atoms with Crippen LogP contribution in [-0.4, -0.2) is 57.0 Å². The van der Waals surface area contributed by atoms with Crippen molar-refractivity contribution in [3.05, 3.63) is 29.8 Å². The molecule has 2 N–H and O–H groups in total. The average Bonchev–Trinajstić information content (AvgIpc) is 2.55. The monoisotopic (exact) mass is 370 g/mol. The predicted octanol–water partition coefficient (Wildman–Crippen LogP) is 1.50. The van der Waals surface area contributed by atoms with Gasteiger partial charge in [0.1, 0.15) is 0 Å². The molecule has 1 aliphatic rings. The third-order valence-corrected chi connectivity index (χ3v) is 6.57. The number of hydrogen-bond donors (Lipinski definition) is 2. The van der Waals surface area contributed by atoms with Gasteiger partial charge < -0.3 is 10.2 Å².